The standard InChI is InChI=1S/C25H29FN4O3/c1-17(31)23-15-22(28-30(23)20-6-4-3-5-7-20)25(32)27-19-10-12-29(13-11-19)16-18-8-9-24(33-2)21(26)14-18/h3-9,14,19,23H,10-13,15-16H2,1-2H3,(H,27,32). The molecule has 8 heteroatoms. The van der Waals surface area contributed by atoms with E-state index in [9.17, 15) is 14.0 Å². The van der Waals surface area contributed by atoms with Gasteiger partial charge in [-0.25, -0.2) is 4.39 Å². The molecular weight excluding hydrogens is 423 g/mol. The van der Waals surface area contributed by atoms with E-state index in [1.54, 1.807) is 11.1 Å². The van der Waals surface area contributed by atoms with E-state index < -0.39 is 6.04 Å². The molecule has 4 rings (SSSR count). The number of nitrogens with one attached hydrogen (secondary N) is 1. The average Bonchev–Trinajstić information content (AvgIpc) is 3.27. The number of carbonyl (C=O) groups excluding carboxylic acids is 2. The maximum Gasteiger partial charge on any atom is 0.267 e. The topological polar surface area (TPSA) is 74.2 Å². The Morgan fingerprint density at radius 3 is 2.52 bits per heavy atom. The Morgan fingerprint density at radius 1 is 1.15 bits per heavy atom. The zero-order valence-corrected chi connectivity index (χ0v) is 19.0. The fourth-order valence-corrected chi connectivity index (χ4v) is 4.35. The Labute approximate surface area is 193 Å². The molecule has 1 N–H and O–H groups in total. The van der Waals surface area contributed by atoms with E-state index in [0.717, 1.165) is 37.2 Å². The van der Waals surface area contributed by atoms with Gasteiger partial charge in [-0.2, -0.15) is 5.10 Å². The molecule has 0 aliphatic carbocycles. The number of Topliss-reactive ketones (excluding diaryl/α,β-unsaturated/α-hetero) is 1. The number of anilines is 1. The minimum atomic E-state index is -0.458. The van der Waals surface area contributed by atoms with Gasteiger partial charge >= 0.3 is 0 Å². The fraction of sp³-hybridized carbons (Fsp3) is 0.400. The summed E-state index contributed by atoms with van der Waals surface area (Å²) in [6, 6.07) is 14.0. The van der Waals surface area contributed by atoms with Crippen molar-refractivity contribution in [1.82, 2.24) is 10.2 Å². The molecule has 0 saturated carbocycles. The number of ketones is 1. The first-order valence-corrected chi connectivity index (χ1v) is 11.2. The van der Waals surface area contributed by atoms with Gasteiger partial charge in [0.1, 0.15) is 11.8 Å². The van der Waals surface area contributed by atoms with E-state index in [2.05, 4.69) is 15.3 Å². The van der Waals surface area contributed by atoms with Crippen LogP contribution in [0.5, 0.6) is 5.75 Å². The molecule has 2 heterocycles. The van der Waals surface area contributed by atoms with Crippen LogP contribution in [0.1, 0.15) is 31.7 Å². The Hall–Kier alpha value is -3.26. The van der Waals surface area contributed by atoms with Gasteiger partial charge in [-0.15, -0.1) is 0 Å². The van der Waals surface area contributed by atoms with Gasteiger partial charge in [0.05, 0.1) is 12.8 Å². The maximum atomic E-state index is 13.9. The number of piperidine rings is 1. The van der Waals surface area contributed by atoms with Crippen molar-refractivity contribution in [3.8, 4) is 5.75 Å². The van der Waals surface area contributed by atoms with Gasteiger partial charge in [-0.3, -0.25) is 19.5 Å². The van der Waals surface area contributed by atoms with Gasteiger partial charge in [0.25, 0.3) is 5.91 Å². The van der Waals surface area contributed by atoms with Crippen LogP contribution < -0.4 is 15.1 Å². The van der Waals surface area contributed by atoms with E-state index in [1.165, 1.54) is 20.1 Å². The minimum Gasteiger partial charge on any atom is -0.494 e. The second kappa shape index (κ2) is 10.1. The number of carbonyl (C=O) groups is 2. The lowest BCUT2D eigenvalue weighted by molar-refractivity contribution is -0.118. The molecule has 7 nitrogen and oxygen atoms in total. The number of methoxy groups -OCH3 is 1. The molecule has 1 saturated heterocycles. The number of rotatable bonds is 7. The molecular formula is C25H29FN4O3. The van der Waals surface area contributed by atoms with Crippen LogP contribution in [0, 0.1) is 5.82 Å². The summed E-state index contributed by atoms with van der Waals surface area (Å²) in [4.78, 5) is 27.3. The highest BCUT2D eigenvalue weighted by Gasteiger charge is 2.35. The molecule has 174 valence electrons. The van der Waals surface area contributed by atoms with Crippen molar-refractivity contribution in [1.29, 1.82) is 0 Å². The normalized spacial score (nSPS) is 19.3. The average molecular weight is 453 g/mol. The van der Waals surface area contributed by atoms with Crippen LogP contribution in [0.25, 0.3) is 0 Å². The van der Waals surface area contributed by atoms with Crippen molar-refractivity contribution < 1.29 is 18.7 Å². The number of nitrogens with zero attached hydrogens (tertiary/aromatic N) is 3. The quantitative estimate of drug-likeness (QED) is 0.699. The first-order valence-electron chi connectivity index (χ1n) is 11.2. The number of para-hydroxylation sites is 1. The van der Waals surface area contributed by atoms with Gasteiger partial charge in [0.2, 0.25) is 0 Å². The molecule has 2 aromatic carbocycles. The van der Waals surface area contributed by atoms with E-state index >= 15 is 0 Å². The molecule has 1 atom stereocenters. The molecule has 2 aromatic rings. The van der Waals surface area contributed by atoms with Gasteiger partial charge in [-0.1, -0.05) is 24.3 Å². The third kappa shape index (κ3) is 5.39. The molecule has 0 spiro atoms. The van der Waals surface area contributed by atoms with Crippen LogP contribution in [0.2, 0.25) is 0 Å². The zero-order chi connectivity index (χ0) is 23.4. The second-order valence-electron chi connectivity index (χ2n) is 8.55. The summed E-state index contributed by atoms with van der Waals surface area (Å²) >= 11 is 0. The Morgan fingerprint density at radius 2 is 1.88 bits per heavy atom. The number of ether oxygens (including phenoxy) is 1. The molecule has 2 aliphatic heterocycles. The molecule has 0 aromatic heterocycles. The van der Waals surface area contributed by atoms with Crippen molar-refractivity contribution >= 4 is 23.1 Å². The monoisotopic (exact) mass is 452 g/mol. The number of benzene rings is 2. The van der Waals surface area contributed by atoms with E-state index in [-0.39, 0.29) is 29.3 Å². The van der Waals surface area contributed by atoms with Crippen LogP contribution in [0.15, 0.2) is 53.6 Å². The van der Waals surface area contributed by atoms with Crippen LogP contribution in [0.4, 0.5) is 10.1 Å². The smallest absolute Gasteiger partial charge is 0.267 e. The Balaban J connectivity index is 1.31. The Kier molecular flexibility index (Phi) is 7.03. The van der Waals surface area contributed by atoms with Gasteiger partial charge < -0.3 is 10.1 Å². The summed E-state index contributed by atoms with van der Waals surface area (Å²) in [5, 5.41) is 9.22. The third-order valence-electron chi connectivity index (χ3n) is 6.21. The first-order chi connectivity index (χ1) is 15.9. The zero-order valence-electron chi connectivity index (χ0n) is 19.0. The predicted molar refractivity (Wildman–Crippen MR) is 125 cm³/mol. The highest BCUT2D eigenvalue weighted by molar-refractivity contribution is 6.40. The highest BCUT2D eigenvalue weighted by Crippen LogP contribution is 2.25. The van der Waals surface area contributed by atoms with E-state index in [4.69, 9.17) is 4.74 Å². The minimum absolute atomic E-state index is 0.0197. The first kappa shape index (κ1) is 22.9. The highest BCUT2D eigenvalue weighted by atomic mass is 19.1. The van der Waals surface area contributed by atoms with E-state index in [0.29, 0.717) is 18.7 Å². The SMILES string of the molecule is COc1ccc(CN2CCC(NC(=O)C3=NN(c4ccccc4)C(C(C)=O)C3)CC2)cc1F. The fourth-order valence-electron chi connectivity index (χ4n) is 4.35. The van der Waals surface area contributed by atoms with Gasteiger partial charge in [-0.05, 0) is 49.6 Å². The van der Waals surface area contributed by atoms with E-state index in [1.807, 2.05) is 36.4 Å². The summed E-state index contributed by atoms with van der Waals surface area (Å²) in [6.45, 7) is 3.79. The Bertz CT molecular complexity index is 1040. The summed E-state index contributed by atoms with van der Waals surface area (Å²) in [7, 11) is 1.45. The molecule has 0 radical (unpaired) electrons. The summed E-state index contributed by atoms with van der Waals surface area (Å²) in [5.74, 6) is -0.347. The molecule has 1 amide bonds. The van der Waals surface area contributed by atoms with Crippen molar-refractivity contribution in [2.45, 2.75) is 44.8 Å². The maximum absolute atomic E-state index is 13.9. The second-order valence-corrected chi connectivity index (χ2v) is 8.55. The molecule has 1 fully saturated rings. The van der Waals surface area contributed by atoms with Gasteiger partial charge in [0.15, 0.2) is 17.3 Å². The lowest BCUT2D eigenvalue weighted by Crippen LogP contribution is -2.46. The van der Waals surface area contributed by atoms with Crippen molar-refractivity contribution in [3.63, 3.8) is 0 Å². The van der Waals surface area contributed by atoms with Crippen molar-refractivity contribution in [2.24, 2.45) is 5.10 Å². The van der Waals surface area contributed by atoms with Crippen molar-refractivity contribution in [2.75, 3.05) is 25.2 Å². The number of hydrogen-bond acceptors (Lipinski definition) is 6. The molecule has 1 unspecified atom stereocenters. The third-order valence-corrected chi connectivity index (χ3v) is 6.21. The van der Waals surface area contributed by atoms with Crippen LogP contribution >= 0.6 is 0 Å². The molecule has 0 bridgehead atoms. The predicted octanol–water partition coefficient (Wildman–Crippen LogP) is 3.14. The lowest BCUT2D eigenvalue weighted by Gasteiger charge is -2.32. The lowest BCUT2D eigenvalue weighted by atomic mass is 10.0. The number of hydrazone groups is 1. The van der Waals surface area contributed by atoms with Gasteiger partial charge in [0, 0.05) is 32.1 Å². The molecule has 33 heavy (non-hydrogen) atoms. The van der Waals surface area contributed by atoms with Crippen LogP contribution in [-0.2, 0) is 16.1 Å². The van der Waals surface area contributed by atoms with Crippen LogP contribution in [0.3, 0.4) is 0 Å². The van der Waals surface area contributed by atoms with Crippen LogP contribution in [-0.4, -0.2) is 54.6 Å². The van der Waals surface area contributed by atoms with Crippen molar-refractivity contribution in [3.05, 3.63) is 59.9 Å². The summed E-state index contributed by atoms with van der Waals surface area (Å²) in [5.41, 5.74) is 2.08. The number of halogens is 1. The largest absolute Gasteiger partial charge is 0.494 e. The molecule has 2 aliphatic rings. The number of amides is 1. The summed E-state index contributed by atoms with van der Waals surface area (Å²) in [6.07, 6.45) is 1.91. The number of hydrogen-bond donors (Lipinski definition) is 1. The number of likely N-dealkylation sites (tertiary alicyclic amines) is 1. The summed E-state index contributed by atoms with van der Waals surface area (Å²) < 4.78 is 18.9.